The molecule has 1 aliphatic heterocycles. The standard InChI is InChI=1S/C16H18N2O3/c1-2-17-15(12-5-7-20-10-12)11-3-4-14-13(9-11)16(19)18-6-8-21-14/h3-5,7,9-10,15,17H,2,6,8H2,1H3,(H,18,19). The molecule has 21 heavy (non-hydrogen) atoms. The molecular formula is C16H18N2O3. The predicted octanol–water partition coefficient (Wildman–Crippen LogP) is 2.10. The van der Waals surface area contributed by atoms with Crippen LogP contribution in [0, 0.1) is 0 Å². The summed E-state index contributed by atoms with van der Waals surface area (Å²) in [5.74, 6) is 0.544. The van der Waals surface area contributed by atoms with E-state index in [2.05, 4.69) is 10.6 Å². The number of rotatable bonds is 4. The van der Waals surface area contributed by atoms with Gasteiger partial charge in [0.2, 0.25) is 0 Å². The van der Waals surface area contributed by atoms with Crippen LogP contribution >= 0.6 is 0 Å². The van der Waals surface area contributed by atoms with Gasteiger partial charge in [0.1, 0.15) is 12.4 Å². The van der Waals surface area contributed by atoms with Gasteiger partial charge in [-0.25, -0.2) is 0 Å². The molecule has 0 radical (unpaired) electrons. The molecule has 0 aliphatic carbocycles. The van der Waals surface area contributed by atoms with Gasteiger partial charge in [0.15, 0.2) is 0 Å². The Hall–Kier alpha value is -2.27. The van der Waals surface area contributed by atoms with E-state index in [9.17, 15) is 4.79 Å². The van der Waals surface area contributed by atoms with E-state index in [1.165, 1.54) is 0 Å². The Morgan fingerprint density at radius 3 is 3.00 bits per heavy atom. The second-order valence-corrected chi connectivity index (χ2v) is 4.91. The van der Waals surface area contributed by atoms with E-state index in [-0.39, 0.29) is 11.9 Å². The fourth-order valence-corrected chi connectivity index (χ4v) is 2.52. The van der Waals surface area contributed by atoms with Gasteiger partial charge in [-0.3, -0.25) is 4.79 Å². The van der Waals surface area contributed by atoms with Crippen LogP contribution in [0.15, 0.2) is 41.2 Å². The number of ether oxygens (including phenoxy) is 1. The summed E-state index contributed by atoms with van der Waals surface area (Å²) in [4.78, 5) is 12.1. The molecule has 1 amide bonds. The molecular weight excluding hydrogens is 268 g/mol. The van der Waals surface area contributed by atoms with Crippen molar-refractivity contribution in [3.05, 3.63) is 53.5 Å². The van der Waals surface area contributed by atoms with Crippen molar-refractivity contribution >= 4 is 5.91 Å². The van der Waals surface area contributed by atoms with Gasteiger partial charge >= 0.3 is 0 Å². The third-order valence-electron chi connectivity index (χ3n) is 3.51. The number of benzene rings is 1. The molecule has 2 N–H and O–H groups in total. The Balaban J connectivity index is 1.99. The minimum Gasteiger partial charge on any atom is -0.491 e. The zero-order chi connectivity index (χ0) is 14.7. The number of furan rings is 1. The van der Waals surface area contributed by atoms with E-state index in [0.29, 0.717) is 24.5 Å². The summed E-state index contributed by atoms with van der Waals surface area (Å²) in [5.41, 5.74) is 2.63. The number of nitrogens with one attached hydrogen (secondary N) is 2. The SMILES string of the molecule is CCNC(c1ccoc1)c1ccc2c(c1)C(=O)NCCO2. The number of hydrogen-bond donors (Lipinski definition) is 2. The molecule has 1 atom stereocenters. The Morgan fingerprint density at radius 1 is 1.33 bits per heavy atom. The Bertz CT molecular complexity index is 622. The van der Waals surface area contributed by atoms with Crippen molar-refractivity contribution in [3.8, 4) is 5.75 Å². The molecule has 0 saturated heterocycles. The molecule has 1 aromatic carbocycles. The summed E-state index contributed by atoms with van der Waals surface area (Å²) in [6, 6.07) is 7.65. The van der Waals surface area contributed by atoms with Crippen LogP contribution in [-0.2, 0) is 0 Å². The third-order valence-corrected chi connectivity index (χ3v) is 3.51. The number of carbonyl (C=O) groups is 1. The number of amides is 1. The van der Waals surface area contributed by atoms with Crippen molar-refractivity contribution in [3.63, 3.8) is 0 Å². The van der Waals surface area contributed by atoms with E-state index in [4.69, 9.17) is 9.15 Å². The second-order valence-electron chi connectivity index (χ2n) is 4.91. The summed E-state index contributed by atoms with van der Waals surface area (Å²) in [5, 5.41) is 6.24. The molecule has 3 rings (SSSR count). The largest absolute Gasteiger partial charge is 0.491 e. The summed E-state index contributed by atoms with van der Waals surface area (Å²) in [6.07, 6.45) is 3.37. The van der Waals surface area contributed by atoms with E-state index in [1.807, 2.05) is 31.2 Å². The smallest absolute Gasteiger partial charge is 0.255 e. The van der Waals surface area contributed by atoms with Gasteiger partial charge in [0, 0.05) is 5.56 Å². The fraction of sp³-hybridized carbons (Fsp3) is 0.312. The van der Waals surface area contributed by atoms with Gasteiger partial charge in [-0.15, -0.1) is 0 Å². The molecule has 5 nitrogen and oxygen atoms in total. The molecule has 2 heterocycles. The molecule has 0 fully saturated rings. The van der Waals surface area contributed by atoms with Crippen molar-refractivity contribution < 1.29 is 13.9 Å². The molecule has 1 unspecified atom stereocenters. The molecule has 0 bridgehead atoms. The first-order valence-corrected chi connectivity index (χ1v) is 7.10. The summed E-state index contributed by atoms with van der Waals surface area (Å²) < 4.78 is 10.8. The maximum absolute atomic E-state index is 12.1. The molecule has 0 spiro atoms. The van der Waals surface area contributed by atoms with Crippen molar-refractivity contribution in [2.24, 2.45) is 0 Å². The Kier molecular flexibility index (Phi) is 3.92. The highest BCUT2D eigenvalue weighted by atomic mass is 16.5. The van der Waals surface area contributed by atoms with Gasteiger partial charge in [0.05, 0.1) is 30.7 Å². The first-order valence-electron chi connectivity index (χ1n) is 7.10. The highest BCUT2D eigenvalue weighted by Crippen LogP contribution is 2.28. The van der Waals surface area contributed by atoms with Crippen LogP contribution in [0.2, 0.25) is 0 Å². The highest BCUT2D eigenvalue weighted by Gasteiger charge is 2.20. The van der Waals surface area contributed by atoms with E-state index in [1.54, 1.807) is 12.5 Å². The van der Waals surface area contributed by atoms with E-state index < -0.39 is 0 Å². The van der Waals surface area contributed by atoms with Crippen LogP contribution < -0.4 is 15.4 Å². The maximum Gasteiger partial charge on any atom is 0.255 e. The number of hydrogen-bond acceptors (Lipinski definition) is 4. The lowest BCUT2D eigenvalue weighted by Crippen LogP contribution is -2.25. The van der Waals surface area contributed by atoms with Crippen molar-refractivity contribution in [1.29, 1.82) is 0 Å². The first kappa shape index (κ1) is 13.7. The topological polar surface area (TPSA) is 63.5 Å². The molecule has 1 aliphatic rings. The normalized spacial score (nSPS) is 15.6. The zero-order valence-corrected chi connectivity index (χ0v) is 11.9. The zero-order valence-electron chi connectivity index (χ0n) is 11.9. The quantitative estimate of drug-likeness (QED) is 0.903. The molecule has 2 aromatic rings. The Labute approximate surface area is 123 Å². The van der Waals surface area contributed by atoms with Gasteiger partial charge < -0.3 is 19.8 Å². The second kappa shape index (κ2) is 6.01. The maximum atomic E-state index is 12.1. The monoisotopic (exact) mass is 286 g/mol. The lowest BCUT2D eigenvalue weighted by Gasteiger charge is -2.18. The average Bonchev–Trinajstić information content (AvgIpc) is 2.96. The Morgan fingerprint density at radius 2 is 2.24 bits per heavy atom. The third kappa shape index (κ3) is 2.78. The summed E-state index contributed by atoms with van der Waals surface area (Å²) >= 11 is 0. The van der Waals surface area contributed by atoms with Gasteiger partial charge in [-0.2, -0.15) is 0 Å². The van der Waals surface area contributed by atoms with Crippen LogP contribution in [-0.4, -0.2) is 25.6 Å². The predicted molar refractivity (Wildman–Crippen MR) is 78.5 cm³/mol. The van der Waals surface area contributed by atoms with Crippen molar-refractivity contribution in [2.45, 2.75) is 13.0 Å². The van der Waals surface area contributed by atoms with Gasteiger partial charge in [-0.1, -0.05) is 13.0 Å². The average molecular weight is 286 g/mol. The van der Waals surface area contributed by atoms with E-state index >= 15 is 0 Å². The highest BCUT2D eigenvalue weighted by molar-refractivity contribution is 5.97. The molecule has 110 valence electrons. The molecule has 1 aromatic heterocycles. The van der Waals surface area contributed by atoms with Crippen molar-refractivity contribution in [1.82, 2.24) is 10.6 Å². The number of carbonyl (C=O) groups excluding carboxylic acids is 1. The van der Waals surface area contributed by atoms with Crippen LogP contribution in [0.5, 0.6) is 5.75 Å². The first-order chi connectivity index (χ1) is 10.3. The number of fused-ring (bicyclic) bond motifs is 1. The van der Waals surface area contributed by atoms with E-state index in [0.717, 1.165) is 17.7 Å². The van der Waals surface area contributed by atoms with Crippen LogP contribution in [0.1, 0.15) is 34.5 Å². The summed E-state index contributed by atoms with van der Waals surface area (Å²) in [6.45, 7) is 3.89. The van der Waals surface area contributed by atoms with Gasteiger partial charge in [0.25, 0.3) is 5.91 Å². The van der Waals surface area contributed by atoms with Crippen molar-refractivity contribution in [2.75, 3.05) is 19.7 Å². The minimum atomic E-state index is -0.0909. The van der Waals surface area contributed by atoms with Crippen LogP contribution in [0.25, 0.3) is 0 Å². The molecule has 0 saturated carbocycles. The van der Waals surface area contributed by atoms with Crippen LogP contribution in [0.3, 0.4) is 0 Å². The lowest BCUT2D eigenvalue weighted by atomic mass is 9.98. The summed E-state index contributed by atoms with van der Waals surface area (Å²) in [7, 11) is 0. The fourth-order valence-electron chi connectivity index (χ4n) is 2.52. The van der Waals surface area contributed by atoms with Crippen LogP contribution in [0.4, 0.5) is 0 Å². The lowest BCUT2D eigenvalue weighted by molar-refractivity contribution is 0.0957. The minimum absolute atomic E-state index is 0.00453. The molecule has 5 heteroatoms. The van der Waals surface area contributed by atoms with Gasteiger partial charge in [-0.05, 0) is 30.3 Å².